The van der Waals surface area contributed by atoms with Gasteiger partial charge in [-0.15, -0.1) is 11.3 Å². The maximum Gasteiger partial charge on any atom is 0.374 e. The van der Waals surface area contributed by atoms with Gasteiger partial charge in [-0.2, -0.15) is 0 Å². The van der Waals surface area contributed by atoms with E-state index in [2.05, 4.69) is 16.0 Å². The summed E-state index contributed by atoms with van der Waals surface area (Å²) in [6.45, 7) is 3.61. The van der Waals surface area contributed by atoms with Gasteiger partial charge in [-0.3, -0.25) is 14.4 Å². The molecule has 1 aliphatic heterocycles. The summed E-state index contributed by atoms with van der Waals surface area (Å²) in [4.78, 5) is 50.7. The number of alkyl halides is 2. The number of amides is 2. The van der Waals surface area contributed by atoms with Crippen molar-refractivity contribution in [1.29, 1.82) is 0 Å². The largest absolute Gasteiger partial charge is 0.475 e. The maximum absolute atomic E-state index is 13.8. The molecule has 1 aromatic carbocycles. The molecule has 0 saturated heterocycles. The van der Waals surface area contributed by atoms with Gasteiger partial charge >= 0.3 is 5.97 Å². The Labute approximate surface area is 221 Å². The number of anilines is 1. The van der Waals surface area contributed by atoms with Crippen molar-refractivity contribution >= 4 is 52.2 Å². The number of fused-ring (bicyclic) bond motifs is 1. The molecule has 2 aromatic rings. The molecule has 3 atom stereocenters. The Morgan fingerprint density at radius 2 is 1.78 bits per heavy atom. The van der Waals surface area contributed by atoms with E-state index in [1.54, 1.807) is 19.9 Å². The number of ketones is 1. The molecule has 200 valence electrons. The molecule has 12 heteroatoms. The van der Waals surface area contributed by atoms with Crippen molar-refractivity contribution in [2.24, 2.45) is 5.92 Å². The van der Waals surface area contributed by atoms with Crippen LogP contribution in [0.2, 0.25) is 4.34 Å². The van der Waals surface area contributed by atoms with Gasteiger partial charge in [-0.05, 0) is 36.1 Å². The molecule has 2 amide bonds. The second-order valence-electron chi connectivity index (χ2n) is 9.44. The monoisotopic (exact) mass is 555 g/mol. The highest BCUT2D eigenvalue weighted by molar-refractivity contribution is 7.16. The first-order valence-corrected chi connectivity index (χ1v) is 12.9. The molecule has 0 aliphatic carbocycles. The average molecular weight is 556 g/mol. The number of carbonyl (C=O) groups is 4. The number of thiophene rings is 1. The Hall–Kier alpha value is -3.05. The van der Waals surface area contributed by atoms with Gasteiger partial charge in [0.05, 0.1) is 4.34 Å². The number of benzene rings is 1. The van der Waals surface area contributed by atoms with Gasteiger partial charge in [0, 0.05) is 29.8 Å². The SMILES string of the molecule is CC(C)C[C@H](NC(=O)C1(Cc2ccc(Cl)s2)Cc2ccccc2N1)C(=O)NC(CC(F)F)C(=O)C(=O)O. The van der Waals surface area contributed by atoms with Crippen LogP contribution in [0.5, 0.6) is 0 Å². The number of Topliss-reactive ketones (excluding diaryl/α,β-unsaturated/α-hetero) is 1. The second-order valence-corrected chi connectivity index (χ2v) is 11.2. The second kappa shape index (κ2) is 12.0. The lowest BCUT2D eigenvalue weighted by molar-refractivity contribution is -0.151. The molecule has 0 spiro atoms. The predicted octanol–water partition coefficient (Wildman–Crippen LogP) is 3.68. The molecule has 0 fully saturated rings. The molecule has 0 radical (unpaired) electrons. The minimum atomic E-state index is -3.02. The zero-order valence-corrected chi connectivity index (χ0v) is 21.8. The highest BCUT2D eigenvalue weighted by Gasteiger charge is 2.45. The molecule has 37 heavy (non-hydrogen) atoms. The van der Waals surface area contributed by atoms with Crippen molar-refractivity contribution in [3.8, 4) is 0 Å². The highest BCUT2D eigenvalue weighted by atomic mass is 35.5. The molecule has 2 heterocycles. The molecule has 4 N–H and O–H groups in total. The molecule has 1 aliphatic rings. The van der Waals surface area contributed by atoms with E-state index < -0.39 is 54.0 Å². The maximum atomic E-state index is 13.8. The minimum absolute atomic E-state index is 0.0967. The molecule has 0 saturated carbocycles. The predicted molar refractivity (Wildman–Crippen MR) is 136 cm³/mol. The van der Waals surface area contributed by atoms with Crippen LogP contribution in [0.4, 0.5) is 14.5 Å². The summed E-state index contributed by atoms with van der Waals surface area (Å²) in [5.74, 6) is -4.99. The van der Waals surface area contributed by atoms with Gasteiger partial charge in [-0.25, -0.2) is 13.6 Å². The van der Waals surface area contributed by atoms with Crippen molar-refractivity contribution < 1.29 is 33.1 Å². The van der Waals surface area contributed by atoms with Gasteiger partial charge in [-0.1, -0.05) is 43.6 Å². The number of nitrogens with one attached hydrogen (secondary N) is 3. The smallest absolute Gasteiger partial charge is 0.374 e. The Morgan fingerprint density at radius 3 is 2.35 bits per heavy atom. The molecular formula is C25H28ClF2N3O5S. The Morgan fingerprint density at radius 1 is 1.08 bits per heavy atom. The van der Waals surface area contributed by atoms with Crippen LogP contribution in [0.3, 0.4) is 0 Å². The number of hydrogen-bond acceptors (Lipinski definition) is 6. The number of para-hydroxylation sites is 1. The van der Waals surface area contributed by atoms with E-state index in [4.69, 9.17) is 16.7 Å². The number of hydrogen-bond donors (Lipinski definition) is 4. The number of aliphatic carboxylic acids is 1. The van der Waals surface area contributed by atoms with Crippen molar-refractivity contribution in [1.82, 2.24) is 10.6 Å². The van der Waals surface area contributed by atoms with Crippen LogP contribution < -0.4 is 16.0 Å². The van der Waals surface area contributed by atoms with E-state index in [0.29, 0.717) is 10.8 Å². The first-order valence-electron chi connectivity index (χ1n) is 11.7. The number of carboxylic acid groups (broad SMARTS) is 1. The van der Waals surface area contributed by atoms with Crippen LogP contribution in [-0.4, -0.2) is 52.7 Å². The third-order valence-electron chi connectivity index (χ3n) is 6.01. The van der Waals surface area contributed by atoms with E-state index in [1.165, 1.54) is 11.3 Å². The third-order valence-corrected chi connectivity index (χ3v) is 7.24. The average Bonchev–Trinajstić information content (AvgIpc) is 3.40. The van der Waals surface area contributed by atoms with E-state index in [-0.39, 0.29) is 18.8 Å². The molecule has 1 aromatic heterocycles. The van der Waals surface area contributed by atoms with Crippen LogP contribution in [0.1, 0.15) is 37.1 Å². The van der Waals surface area contributed by atoms with Crippen molar-refractivity contribution in [3.05, 3.63) is 51.2 Å². The summed E-state index contributed by atoms with van der Waals surface area (Å²) >= 11 is 7.42. The van der Waals surface area contributed by atoms with Crippen LogP contribution in [0, 0.1) is 5.92 Å². The van der Waals surface area contributed by atoms with Crippen molar-refractivity contribution in [2.75, 3.05) is 5.32 Å². The van der Waals surface area contributed by atoms with E-state index >= 15 is 0 Å². The van der Waals surface area contributed by atoms with E-state index in [9.17, 15) is 28.0 Å². The topological polar surface area (TPSA) is 125 Å². The van der Waals surface area contributed by atoms with Crippen molar-refractivity contribution in [3.63, 3.8) is 0 Å². The van der Waals surface area contributed by atoms with Crippen LogP contribution in [0.15, 0.2) is 36.4 Å². The number of rotatable bonds is 12. The first kappa shape index (κ1) is 28.5. The summed E-state index contributed by atoms with van der Waals surface area (Å²) in [6, 6.07) is 7.86. The zero-order chi connectivity index (χ0) is 27.3. The quantitative estimate of drug-likeness (QED) is 0.296. The summed E-state index contributed by atoms with van der Waals surface area (Å²) in [5.41, 5.74) is 0.524. The molecular weight excluding hydrogens is 528 g/mol. The van der Waals surface area contributed by atoms with Gasteiger partial charge in [0.1, 0.15) is 17.6 Å². The Bertz CT molecular complexity index is 1150. The molecule has 0 bridgehead atoms. The fourth-order valence-electron chi connectivity index (χ4n) is 4.32. The Balaban J connectivity index is 1.86. The summed E-state index contributed by atoms with van der Waals surface area (Å²) in [7, 11) is 0. The zero-order valence-electron chi connectivity index (χ0n) is 20.2. The molecule has 3 rings (SSSR count). The van der Waals surface area contributed by atoms with Gasteiger partial charge < -0.3 is 21.1 Å². The van der Waals surface area contributed by atoms with Gasteiger partial charge in [0.15, 0.2) is 0 Å². The normalized spacial score (nSPS) is 18.1. The number of halogens is 3. The van der Waals surface area contributed by atoms with Gasteiger partial charge in [0.2, 0.25) is 18.2 Å². The lowest BCUT2D eigenvalue weighted by Gasteiger charge is -2.31. The van der Waals surface area contributed by atoms with E-state index in [1.807, 2.05) is 30.3 Å². The first-order chi connectivity index (χ1) is 17.4. The summed E-state index contributed by atoms with van der Waals surface area (Å²) in [5, 5.41) is 17.1. The lowest BCUT2D eigenvalue weighted by Crippen LogP contribution is -2.59. The number of carbonyl (C=O) groups excluding carboxylic acids is 3. The molecule has 8 nitrogen and oxygen atoms in total. The van der Waals surface area contributed by atoms with Crippen molar-refractivity contribution in [2.45, 2.75) is 63.6 Å². The minimum Gasteiger partial charge on any atom is -0.475 e. The Kier molecular flexibility index (Phi) is 9.25. The fourth-order valence-corrected chi connectivity index (χ4v) is 5.52. The summed E-state index contributed by atoms with van der Waals surface area (Å²) in [6.07, 6.45) is -3.44. The highest BCUT2D eigenvalue weighted by Crippen LogP contribution is 2.37. The molecule has 2 unspecified atom stereocenters. The van der Waals surface area contributed by atoms with Gasteiger partial charge in [0.25, 0.3) is 5.78 Å². The third kappa shape index (κ3) is 7.26. The van der Waals surface area contributed by atoms with Crippen LogP contribution >= 0.6 is 22.9 Å². The lowest BCUT2D eigenvalue weighted by atomic mass is 9.88. The summed E-state index contributed by atoms with van der Waals surface area (Å²) < 4.78 is 26.5. The fraction of sp³-hybridized carbons (Fsp3) is 0.440. The van der Waals surface area contributed by atoms with E-state index in [0.717, 1.165) is 16.1 Å². The van der Waals surface area contributed by atoms with Crippen LogP contribution in [-0.2, 0) is 32.0 Å². The number of carboxylic acids is 1. The standard InChI is InChI=1S/C25H28ClF2N3O5S/c1-13(2)9-18(22(33)29-17(10-20(27)28)21(32)23(34)35)30-24(36)25(12-15-7-8-19(26)37-15)11-14-5-3-4-6-16(14)31-25/h3-8,13,17-18,20,31H,9-12H2,1-2H3,(H,29,33)(H,30,36)(H,34,35)/t17?,18-,25?/m0/s1. The van der Waals surface area contributed by atoms with Crippen LogP contribution in [0.25, 0.3) is 0 Å².